The van der Waals surface area contributed by atoms with Gasteiger partial charge in [-0.3, -0.25) is 4.79 Å². The first-order valence-corrected chi connectivity index (χ1v) is 8.69. The van der Waals surface area contributed by atoms with Crippen LogP contribution in [0.15, 0.2) is 42.6 Å². The molecular formula is C21H24N2O4. The summed E-state index contributed by atoms with van der Waals surface area (Å²) in [6.07, 6.45) is 2.76. The van der Waals surface area contributed by atoms with E-state index in [2.05, 4.69) is 11.1 Å². The van der Waals surface area contributed by atoms with Crippen LogP contribution in [0.1, 0.15) is 15.9 Å². The topological polar surface area (TPSA) is 63.8 Å². The molecule has 3 aromatic rings. The molecule has 1 aromatic heterocycles. The number of aromatic amines is 1. The zero-order valence-electron chi connectivity index (χ0n) is 16.0. The number of H-pyrrole nitrogens is 1. The number of para-hydroxylation sites is 1. The third-order valence-electron chi connectivity index (χ3n) is 4.65. The Morgan fingerprint density at radius 3 is 2.33 bits per heavy atom. The first-order chi connectivity index (χ1) is 13.1. The van der Waals surface area contributed by atoms with Gasteiger partial charge in [0.15, 0.2) is 11.5 Å². The molecule has 1 amide bonds. The number of carbonyl (C=O) groups excluding carboxylic acids is 1. The largest absolute Gasteiger partial charge is 0.493 e. The zero-order valence-corrected chi connectivity index (χ0v) is 16.0. The minimum atomic E-state index is -0.103. The van der Waals surface area contributed by atoms with Gasteiger partial charge < -0.3 is 24.1 Å². The van der Waals surface area contributed by atoms with Gasteiger partial charge in [-0.2, -0.15) is 0 Å². The molecule has 6 nitrogen and oxygen atoms in total. The second-order valence-electron chi connectivity index (χ2n) is 6.25. The number of aromatic nitrogens is 1. The van der Waals surface area contributed by atoms with Crippen LogP contribution in [-0.4, -0.2) is 50.7 Å². The molecule has 0 saturated heterocycles. The van der Waals surface area contributed by atoms with Gasteiger partial charge in [0, 0.05) is 36.3 Å². The number of amides is 1. The third kappa shape index (κ3) is 3.69. The summed E-state index contributed by atoms with van der Waals surface area (Å²) >= 11 is 0. The third-order valence-corrected chi connectivity index (χ3v) is 4.65. The number of nitrogens with one attached hydrogen (secondary N) is 1. The van der Waals surface area contributed by atoms with Crippen LogP contribution < -0.4 is 14.2 Å². The summed E-state index contributed by atoms with van der Waals surface area (Å²) < 4.78 is 16.0. The van der Waals surface area contributed by atoms with Crippen molar-refractivity contribution in [1.82, 2.24) is 9.88 Å². The highest BCUT2D eigenvalue weighted by Crippen LogP contribution is 2.38. The van der Waals surface area contributed by atoms with Crippen molar-refractivity contribution in [2.24, 2.45) is 0 Å². The standard InChI is InChI=1S/C21H24N2O4/c1-23(10-9-14-13-22-17-8-6-5-7-16(14)17)21(24)15-11-18(25-2)20(27-4)19(12-15)26-3/h5-8,11-13,22H,9-10H2,1-4H3. The van der Waals surface area contributed by atoms with E-state index in [9.17, 15) is 4.79 Å². The maximum atomic E-state index is 12.9. The Hall–Kier alpha value is -3.15. The lowest BCUT2D eigenvalue weighted by Gasteiger charge is -2.19. The van der Waals surface area contributed by atoms with Crippen molar-refractivity contribution < 1.29 is 19.0 Å². The Bertz CT molecular complexity index is 923. The number of methoxy groups -OCH3 is 3. The molecule has 142 valence electrons. The van der Waals surface area contributed by atoms with Crippen LogP contribution in [0.3, 0.4) is 0 Å². The smallest absolute Gasteiger partial charge is 0.253 e. The maximum absolute atomic E-state index is 12.9. The molecule has 0 fully saturated rings. The van der Waals surface area contributed by atoms with E-state index in [-0.39, 0.29) is 5.91 Å². The summed E-state index contributed by atoms with van der Waals surface area (Å²) in [6, 6.07) is 11.5. The minimum absolute atomic E-state index is 0.103. The number of nitrogens with zero attached hydrogens (tertiary/aromatic N) is 1. The van der Waals surface area contributed by atoms with Crippen molar-refractivity contribution in [3.8, 4) is 17.2 Å². The lowest BCUT2D eigenvalue weighted by molar-refractivity contribution is 0.0796. The van der Waals surface area contributed by atoms with Gasteiger partial charge in [-0.1, -0.05) is 18.2 Å². The molecule has 0 spiro atoms. The van der Waals surface area contributed by atoms with Crippen molar-refractivity contribution in [3.05, 3.63) is 53.7 Å². The molecule has 0 aliphatic carbocycles. The van der Waals surface area contributed by atoms with E-state index in [1.54, 1.807) is 24.1 Å². The van der Waals surface area contributed by atoms with Gasteiger partial charge in [-0.25, -0.2) is 0 Å². The predicted molar refractivity (Wildman–Crippen MR) is 105 cm³/mol. The van der Waals surface area contributed by atoms with Crippen LogP contribution in [0.5, 0.6) is 17.2 Å². The number of hydrogen-bond acceptors (Lipinski definition) is 4. The molecule has 0 bridgehead atoms. The number of benzene rings is 2. The molecule has 0 saturated carbocycles. The Morgan fingerprint density at radius 1 is 1.04 bits per heavy atom. The van der Waals surface area contributed by atoms with E-state index in [1.807, 2.05) is 24.4 Å². The molecule has 0 atom stereocenters. The van der Waals surface area contributed by atoms with Gasteiger partial charge in [0.1, 0.15) is 0 Å². The van der Waals surface area contributed by atoms with Gasteiger partial charge in [-0.05, 0) is 30.2 Å². The highest BCUT2D eigenvalue weighted by molar-refractivity contribution is 5.95. The average Bonchev–Trinajstić information content (AvgIpc) is 3.13. The van der Waals surface area contributed by atoms with E-state index in [0.717, 1.165) is 11.9 Å². The van der Waals surface area contributed by atoms with Crippen LogP contribution in [0.2, 0.25) is 0 Å². The van der Waals surface area contributed by atoms with Crippen LogP contribution in [-0.2, 0) is 6.42 Å². The van der Waals surface area contributed by atoms with Gasteiger partial charge in [-0.15, -0.1) is 0 Å². The van der Waals surface area contributed by atoms with E-state index in [4.69, 9.17) is 14.2 Å². The van der Waals surface area contributed by atoms with Crippen LogP contribution in [0, 0.1) is 0 Å². The maximum Gasteiger partial charge on any atom is 0.253 e. The molecule has 0 aliphatic heterocycles. The summed E-state index contributed by atoms with van der Waals surface area (Å²) in [5, 5.41) is 1.19. The number of likely N-dealkylation sites (N-methyl/N-ethyl adjacent to an activating group) is 1. The Labute approximate surface area is 158 Å². The lowest BCUT2D eigenvalue weighted by atomic mass is 10.1. The van der Waals surface area contributed by atoms with Crippen molar-refractivity contribution in [3.63, 3.8) is 0 Å². The minimum Gasteiger partial charge on any atom is -0.493 e. The summed E-state index contributed by atoms with van der Waals surface area (Å²) in [5.41, 5.74) is 2.78. The molecule has 0 unspecified atom stereocenters. The predicted octanol–water partition coefficient (Wildman–Crippen LogP) is 3.51. The SMILES string of the molecule is COc1cc(C(=O)N(C)CCc2c[nH]c3ccccc23)cc(OC)c1OC. The quantitative estimate of drug-likeness (QED) is 0.693. The van der Waals surface area contributed by atoms with Gasteiger partial charge in [0.25, 0.3) is 5.91 Å². The highest BCUT2D eigenvalue weighted by atomic mass is 16.5. The lowest BCUT2D eigenvalue weighted by Crippen LogP contribution is -2.28. The second kappa shape index (κ2) is 8.03. The number of fused-ring (bicyclic) bond motifs is 1. The van der Waals surface area contributed by atoms with Crippen LogP contribution in [0.4, 0.5) is 0 Å². The summed E-state index contributed by atoms with van der Waals surface area (Å²) in [4.78, 5) is 17.8. The Kier molecular flexibility index (Phi) is 5.54. The average molecular weight is 368 g/mol. The summed E-state index contributed by atoms with van der Waals surface area (Å²) in [6.45, 7) is 0.595. The Morgan fingerprint density at radius 2 is 1.70 bits per heavy atom. The van der Waals surface area contributed by atoms with Crippen molar-refractivity contribution in [2.75, 3.05) is 34.9 Å². The first-order valence-electron chi connectivity index (χ1n) is 8.69. The Balaban J connectivity index is 1.77. The van der Waals surface area contributed by atoms with Crippen molar-refractivity contribution in [1.29, 1.82) is 0 Å². The summed E-state index contributed by atoms with van der Waals surface area (Å²) in [5.74, 6) is 1.29. The van der Waals surface area contributed by atoms with Crippen molar-refractivity contribution in [2.45, 2.75) is 6.42 Å². The number of rotatable bonds is 7. The number of hydrogen-bond donors (Lipinski definition) is 1. The zero-order chi connectivity index (χ0) is 19.4. The van der Waals surface area contributed by atoms with E-state index in [0.29, 0.717) is 29.4 Å². The fourth-order valence-corrected chi connectivity index (χ4v) is 3.15. The van der Waals surface area contributed by atoms with Crippen LogP contribution >= 0.6 is 0 Å². The fourth-order valence-electron chi connectivity index (χ4n) is 3.15. The molecule has 2 aromatic carbocycles. The van der Waals surface area contributed by atoms with Gasteiger partial charge in [0.05, 0.1) is 21.3 Å². The normalized spacial score (nSPS) is 10.7. The molecule has 0 aliphatic rings. The second-order valence-corrected chi connectivity index (χ2v) is 6.25. The summed E-state index contributed by atoms with van der Waals surface area (Å²) in [7, 11) is 6.40. The van der Waals surface area contributed by atoms with Gasteiger partial charge >= 0.3 is 0 Å². The molecule has 0 radical (unpaired) electrons. The molecule has 1 heterocycles. The molecule has 1 N–H and O–H groups in total. The van der Waals surface area contributed by atoms with Gasteiger partial charge in [0.2, 0.25) is 5.75 Å². The number of carbonyl (C=O) groups is 1. The molecule has 3 rings (SSSR count). The van der Waals surface area contributed by atoms with E-state index in [1.165, 1.54) is 32.3 Å². The first kappa shape index (κ1) is 18.6. The number of ether oxygens (including phenoxy) is 3. The van der Waals surface area contributed by atoms with E-state index < -0.39 is 0 Å². The van der Waals surface area contributed by atoms with Crippen LogP contribution in [0.25, 0.3) is 10.9 Å². The highest BCUT2D eigenvalue weighted by Gasteiger charge is 2.19. The molecular weight excluding hydrogens is 344 g/mol. The monoisotopic (exact) mass is 368 g/mol. The van der Waals surface area contributed by atoms with E-state index >= 15 is 0 Å². The molecule has 6 heteroatoms. The van der Waals surface area contributed by atoms with Crippen molar-refractivity contribution >= 4 is 16.8 Å². The molecule has 27 heavy (non-hydrogen) atoms. The fraction of sp³-hybridized carbons (Fsp3) is 0.286.